The molecule has 2 heterocycles. The van der Waals surface area contributed by atoms with Gasteiger partial charge < -0.3 is 15.5 Å². The minimum Gasteiger partial charge on any atom is -0.368 e. The number of hydrogen-bond acceptors (Lipinski definition) is 4. The molecule has 2 aromatic rings. The number of aromatic nitrogens is 1. The van der Waals surface area contributed by atoms with Crippen LogP contribution in [0, 0.1) is 0 Å². The van der Waals surface area contributed by atoms with Crippen molar-refractivity contribution in [3.05, 3.63) is 54.2 Å². The molecule has 0 amide bonds. The molecule has 3 rings (SSSR count). The Bertz CT molecular complexity index is 562. The Morgan fingerprint density at radius 2 is 1.62 bits per heavy atom. The third-order valence-electron chi connectivity index (χ3n) is 3.98. The summed E-state index contributed by atoms with van der Waals surface area (Å²) < 4.78 is 0. The van der Waals surface area contributed by atoms with Crippen LogP contribution >= 0.6 is 0 Å². The van der Waals surface area contributed by atoms with Crippen LogP contribution in [-0.4, -0.2) is 37.7 Å². The SMILES string of the molecule is NCCc1cccnc1N1CCN(c2ccccc2)CC1. The fourth-order valence-corrected chi connectivity index (χ4v) is 2.88. The molecule has 0 unspecified atom stereocenters. The lowest BCUT2D eigenvalue weighted by atomic mass is 10.1. The molecule has 0 atom stereocenters. The van der Waals surface area contributed by atoms with Crippen LogP contribution in [0.25, 0.3) is 0 Å². The summed E-state index contributed by atoms with van der Waals surface area (Å²) in [7, 11) is 0. The van der Waals surface area contributed by atoms with Gasteiger partial charge in [-0.05, 0) is 36.7 Å². The molecule has 1 aromatic heterocycles. The Kier molecular flexibility index (Phi) is 4.36. The van der Waals surface area contributed by atoms with E-state index in [0.717, 1.165) is 38.4 Å². The lowest BCUT2D eigenvalue weighted by Gasteiger charge is -2.37. The second kappa shape index (κ2) is 6.59. The normalized spacial score (nSPS) is 15.3. The molecule has 4 nitrogen and oxygen atoms in total. The molecule has 1 aliphatic heterocycles. The Labute approximate surface area is 126 Å². The van der Waals surface area contributed by atoms with Crippen LogP contribution in [0.4, 0.5) is 11.5 Å². The summed E-state index contributed by atoms with van der Waals surface area (Å²) in [5.41, 5.74) is 8.27. The first-order chi connectivity index (χ1) is 10.4. The first-order valence-electron chi connectivity index (χ1n) is 7.57. The van der Waals surface area contributed by atoms with Gasteiger partial charge in [-0.1, -0.05) is 24.3 Å². The third-order valence-corrected chi connectivity index (χ3v) is 3.98. The number of nitrogens with zero attached hydrogens (tertiary/aromatic N) is 3. The van der Waals surface area contributed by atoms with Gasteiger partial charge >= 0.3 is 0 Å². The van der Waals surface area contributed by atoms with Gasteiger partial charge in [-0.3, -0.25) is 0 Å². The largest absolute Gasteiger partial charge is 0.368 e. The summed E-state index contributed by atoms with van der Waals surface area (Å²) in [4.78, 5) is 9.38. The number of pyridine rings is 1. The second-order valence-corrected chi connectivity index (χ2v) is 5.33. The highest BCUT2D eigenvalue weighted by Gasteiger charge is 2.19. The maximum Gasteiger partial charge on any atom is 0.131 e. The van der Waals surface area contributed by atoms with E-state index in [1.807, 2.05) is 12.3 Å². The lowest BCUT2D eigenvalue weighted by Crippen LogP contribution is -2.47. The van der Waals surface area contributed by atoms with Crippen molar-refractivity contribution in [3.8, 4) is 0 Å². The summed E-state index contributed by atoms with van der Waals surface area (Å²) in [5.74, 6) is 1.11. The van der Waals surface area contributed by atoms with E-state index in [4.69, 9.17) is 5.73 Å². The van der Waals surface area contributed by atoms with Crippen LogP contribution in [0.2, 0.25) is 0 Å². The first-order valence-corrected chi connectivity index (χ1v) is 7.57. The maximum atomic E-state index is 5.70. The van der Waals surface area contributed by atoms with Crippen molar-refractivity contribution in [1.82, 2.24) is 4.98 Å². The van der Waals surface area contributed by atoms with Crippen LogP contribution in [-0.2, 0) is 6.42 Å². The highest BCUT2D eigenvalue weighted by atomic mass is 15.3. The molecule has 0 aliphatic carbocycles. The van der Waals surface area contributed by atoms with Gasteiger partial charge in [-0.15, -0.1) is 0 Å². The van der Waals surface area contributed by atoms with Crippen molar-refractivity contribution in [1.29, 1.82) is 0 Å². The van der Waals surface area contributed by atoms with Crippen molar-refractivity contribution in [2.75, 3.05) is 42.5 Å². The second-order valence-electron chi connectivity index (χ2n) is 5.33. The van der Waals surface area contributed by atoms with Crippen LogP contribution in [0.1, 0.15) is 5.56 Å². The molecule has 1 saturated heterocycles. The van der Waals surface area contributed by atoms with Crippen molar-refractivity contribution >= 4 is 11.5 Å². The van der Waals surface area contributed by atoms with Gasteiger partial charge in [0.05, 0.1) is 0 Å². The predicted molar refractivity (Wildman–Crippen MR) is 87.9 cm³/mol. The Morgan fingerprint density at radius 1 is 0.905 bits per heavy atom. The number of para-hydroxylation sites is 1. The number of hydrogen-bond donors (Lipinski definition) is 1. The van der Waals surface area contributed by atoms with E-state index in [-0.39, 0.29) is 0 Å². The van der Waals surface area contributed by atoms with Gasteiger partial charge in [0.15, 0.2) is 0 Å². The third kappa shape index (κ3) is 3.16. The Morgan fingerprint density at radius 3 is 2.33 bits per heavy atom. The fourth-order valence-electron chi connectivity index (χ4n) is 2.88. The minimum absolute atomic E-state index is 0.669. The van der Waals surface area contributed by atoms with Gasteiger partial charge in [0.1, 0.15) is 5.82 Å². The molecule has 2 N–H and O–H groups in total. The fraction of sp³-hybridized carbons (Fsp3) is 0.353. The summed E-state index contributed by atoms with van der Waals surface area (Å²) in [6, 6.07) is 14.7. The first kappa shape index (κ1) is 13.9. The molecule has 4 heteroatoms. The topological polar surface area (TPSA) is 45.4 Å². The molecule has 0 saturated carbocycles. The van der Waals surface area contributed by atoms with Crippen molar-refractivity contribution in [2.24, 2.45) is 5.73 Å². The van der Waals surface area contributed by atoms with E-state index in [9.17, 15) is 0 Å². The van der Waals surface area contributed by atoms with Crippen LogP contribution in [0.5, 0.6) is 0 Å². The van der Waals surface area contributed by atoms with Crippen molar-refractivity contribution in [2.45, 2.75) is 6.42 Å². The Hall–Kier alpha value is -2.07. The predicted octanol–water partition coefficient (Wildman–Crippen LogP) is 1.91. The lowest BCUT2D eigenvalue weighted by molar-refractivity contribution is 0.644. The number of piperazine rings is 1. The van der Waals surface area contributed by atoms with Gasteiger partial charge in [0.2, 0.25) is 0 Å². The average molecular weight is 282 g/mol. The van der Waals surface area contributed by atoms with Crippen LogP contribution < -0.4 is 15.5 Å². The number of benzene rings is 1. The van der Waals surface area contributed by atoms with Gasteiger partial charge in [-0.2, -0.15) is 0 Å². The van der Waals surface area contributed by atoms with E-state index in [0.29, 0.717) is 6.54 Å². The number of anilines is 2. The zero-order valence-electron chi connectivity index (χ0n) is 12.3. The quantitative estimate of drug-likeness (QED) is 0.930. The summed E-state index contributed by atoms with van der Waals surface area (Å²) in [6.45, 7) is 4.74. The average Bonchev–Trinajstić information content (AvgIpc) is 2.57. The smallest absolute Gasteiger partial charge is 0.131 e. The highest BCUT2D eigenvalue weighted by molar-refractivity contribution is 5.51. The highest BCUT2D eigenvalue weighted by Crippen LogP contribution is 2.21. The van der Waals surface area contributed by atoms with Gasteiger partial charge in [0, 0.05) is 38.1 Å². The van der Waals surface area contributed by atoms with E-state index in [1.54, 1.807) is 0 Å². The number of rotatable bonds is 4. The molecule has 1 aromatic carbocycles. The van der Waals surface area contributed by atoms with E-state index in [1.165, 1.54) is 11.3 Å². The standard InChI is InChI=1S/C17H22N4/c18-9-8-15-5-4-10-19-17(15)21-13-11-20(12-14-21)16-6-2-1-3-7-16/h1-7,10H,8-9,11-14,18H2. The molecule has 0 bridgehead atoms. The van der Waals surface area contributed by atoms with E-state index in [2.05, 4.69) is 51.2 Å². The van der Waals surface area contributed by atoms with Crippen LogP contribution in [0.15, 0.2) is 48.7 Å². The molecular formula is C17H22N4. The van der Waals surface area contributed by atoms with Gasteiger partial charge in [-0.25, -0.2) is 4.98 Å². The van der Waals surface area contributed by atoms with Crippen molar-refractivity contribution < 1.29 is 0 Å². The zero-order chi connectivity index (χ0) is 14.5. The van der Waals surface area contributed by atoms with Crippen molar-refractivity contribution in [3.63, 3.8) is 0 Å². The molecular weight excluding hydrogens is 260 g/mol. The monoisotopic (exact) mass is 282 g/mol. The zero-order valence-corrected chi connectivity index (χ0v) is 12.3. The van der Waals surface area contributed by atoms with Crippen LogP contribution in [0.3, 0.4) is 0 Å². The molecule has 110 valence electrons. The minimum atomic E-state index is 0.669. The van der Waals surface area contributed by atoms with E-state index < -0.39 is 0 Å². The number of nitrogens with two attached hydrogens (primary N) is 1. The maximum absolute atomic E-state index is 5.70. The summed E-state index contributed by atoms with van der Waals surface area (Å²) in [6.07, 6.45) is 2.76. The molecule has 1 aliphatic rings. The molecule has 1 fully saturated rings. The van der Waals surface area contributed by atoms with E-state index >= 15 is 0 Å². The van der Waals surface area contributed by atoms with Gasteiger partial charge in [0.25, 0.3) is 0 Å². The Balaban J connectivity index is 1.69. The summed E-state index contributed by atoms with van der Waals surface area (Å²) >= 11 is 0. The summed E-state index contributed by atoms with van der Waals surface area (Å²) in [5, 5.41) is 0. The molecule has 0 radical (unpaired) electrons. The molecule has 0 spiro atoms. The molecule has 21 heavy (non-hydrogen) atoms.